The first-order valence-electron chi connectivity index (χ1n) is 14.2. The molecule has 4 N–H and O–H groups in total. The molecular weight excluding hydrogens is 534 g/mol. The Balaban J connectivity index is 3.05. The van der Waals surface area contributed by atoms with Gasteiger partial charge in [-0.1, -0.05) is 27.2 Å². The number of nitrogens with one attached hydrogen (secondary N) is 3. The molecule has 1 heterocycles. The standard InChI is InChI=1S/C28H51N5O8/c1-10-17(2)24(32(7)22(35)15-31-27(39)28(4,5)29-6)20(40-8)14-21(34)33-13-11-12-19(33)25(41-9)18(3)26(38)30-16-23(36)37/h17-20,24-25,29H,10-16H2,1-9H3,(H,30,38)(H,31,39)(H,36,37)/t17-,18?,19?,20?,24-,25?/m0/s1. The Morgan fingerprint density at radius 3 is 2.22 bits per heavy atom. The van der Waals surface area contributed by atoms with Gasteiger partial charge in [0.05, 0.1) is 48.7 Å². The summed E-state index contributed by atoms with van der Waals surface area (Å²) >= 11 is 0. The summed E-state index contributed by atoms with van der Waals surface area (Å²) in [7, 11) is 6.31. The van der Waals surface area contributed by atoms with E-state index in [9.17, 15) is 24.0 Å². The molecule has 4 amide bonds. The van der Waals surface area contributed by atoms with Crippen LogP contribution in [0.5, 0.6) is 0 Å². The summed E-state index contributed by atoms with van der Waals surface area (Å²) in [5.41, 5.74) is -0.836. The van der Waals surface area contributed by atoms with E-state index in [1.165, 1.54) is 14.2 Å². The van der Waals surface area contributed by atoms with E-state index in [1.54, 1.807) is 44.7 Å². The quantitative estimate of drug-likeness (QED) is 0.187. The Morgan fingerprint density at radius 2 is 1.71 bits per heavy atom. The van der Waals surface area contributed by atoms with Crippen molar-refractivity contribution in [2.75, 3.05) is 47.9 Å². The fraction of sp³-hybridized carbons (Fsp3) is 0.821. The highest BCUT2D eigenvalue weighted by Crippen LogP contribution is 2.29. The zero-order valence-electron chi connectivity index (χ0n) is 26.1. The molecule has 4 unspecified atom stereocenters. The number of rotatable bonds is 17. The number of likely N-dealkylation sites (tertiary alicyclic amines) is 1. The Bertz CT molecular complexity index is 914. The number of carboxylic acids is 1. The maximum Gasteiger partial charge on any atom is 0.322 e. The normalized spacial score (nSPS) is 19.0. The summed E-state index contributed by atoms with van der Waals surface area (Å²) in [6.07, 6.45) is 0.859. The minimum absolute atomic E-state index is 0.00873. The molecule has 0 bridgehead atoms. The molecule has 1 fully saturated rings. The largest absolute Gasteiger partial charge is 0.480 e. The molecular formula is C28H51N5O8. The van der Waals surface area contributed by atoms with Crippen LogP contribution >= 0.6 is 0 Å². The summed E-state index contributed by atoms with van der Waals surface area (Å²) in [6, 6.07) is -0.807. The van der Waals surface area contributed by atoms with Crippen LogP contribution < -0.4 is 16.0 Å². The lowest BCUT2D eigenvalue weighted by atomic mass is 9.90. The molecule has 0 aromatic rings. The Hall–Kier alpha value is -2.77. The molecule has 13 heteroatoms. The van der Waals surface area contributed by atoms with E-state index in [0.717, 1.165) is 12.8 Å². The van der Waals surface area contributed by atoms with Gasteiger partial charge in [-0.15, -0.1) is 0 Å². The summed E-state index contributed by atoms with van der Waals surface area (Å²) in [5.74, 6) is -3.09. The van der Waals surface area contributed by atoms with E-state index in [2.05, 4.69) is 16.0 Å². The molecule has 1 saturated heterocycles. The van der Waals surface area contributed by atoms with Crippen molar-refractivity contribution in [2.24, 2.45) is 11.8 Å². The van der Waals surface area contributed by atoms with Crippen molar-refractivity contribution in [2.45, 2.75) is 90.1 Å². The van der Waals surface area contributed by atoms with Crippen molar-refractivity contribution >= 4 is 29.6 Å². The highest BCUT2D eigenvalue weighted by Gasteiger charge is 2.42. The third kappa shape index (κ3) is 9.93. The summed E-state index contributed by atoms with van der Waals surface area (Å²) < 4.78 is 11.5. The molecule has 0 aromatic carbocycles. The number of aliphatic carboxylic acids is 1. The average molecular weight is 586 g/mol. The SMILES string of the molecule is CC[C@H](C)[C@@H](C(CC(=O)N1CCCC1C(OC)C(C)C(=O)NCC(=O)O)OC)N(C)C(=O)CNC(=O)C(C)(C)NC. The van der Waals surface area contributed by atoms with Crippen LogP contribution in [0.4, 0.5) is 0 Å². The molecule has 13 nitrogen and oxygen atoms in total. The van der Waals surface area contributed by atoms with E-state index in [1.807, 2.05) is 13.8 Å². The van der Waals surface area contributed by atoms with Crippen LogP contribution in [0.3, 0.4) is 0 Å². The number of hydrogen-bond acceptors (Lipinski definition) is 8. The van der Waals surface area contributed by atoms with Gasteiger partial charge < -0.3 is 40.3 Å². The average Bonchev–Trinajstić information content (AvgIpc) is 3.43. The smallest absolute Gasteiger partial charge is 0.322 e. The van der Waals surface area contributed by atoms with Gasteiger partial charge in [0.1, 0.15) is 6.54 Å². The zero-order chi connectivity index (χ0) is 31.5. The van der Waals surface area contributed by atoms with Crippen molar-refractivity contribution in [3.05, 3.63) is 0 Å². The van der Waals surface area contributed by atoms with Gasteiger partial charge in [-0.3, -0.25) is 24.0 Å². The molecule has 0 aliphatic carbocycles. The molecule has 236 valence electrons. The Morgan fingerprint density at radius 1 is 1.07 bits per heavy atom. The van der Waals surface area contributed by atoms with E-state index >= 15 is 0 Å². The number of ether oxygens (including phenoxy) is 2. The third-order valence-electron chi connectivity index (χ3n) is 8.31. The van der Waals surface area contributed by atoms with Crippen LogP contribution in [0.15, 0.2) is 0 Å². The van der Waals surface area contributed by atoms with Crippen molar-refractivity contribution in [3.63, 3.8) is 0 Å². The van der Waals surface area contributed by atoms with Crippen LogP contribution in [0.1, 0.15) is 60.3 Å². The molecule has 0 aromatic heterocycles. The molecule has 0 saturated carbocycles. The first kappa shape index (κ1) is 36.3. The second-order valence-electron chi connectivity index (χ2n) is 11.3. The molecule has 0 spiro atoms. The monoisotopic (exact) mass is 585 g/mol. The van der Waals surface area contributed by atoms with Crippen molar-refractivity contribution in [3.8, 4) is 0 Å². The summed E-state index contributed by atoms with van der Waals surface area (Å²) in [5, 5.41) is 16.9. The summed E-state index contributed by atoms with van der Waals surface area (Å²) in [6.45, 7) is 8.87. The number of likely N-dealkylation sites (N-methyl/N-ethyl adjacent to an activating group) is 2. The maximum atomic E-state index is 13.7. The van der Waals surface area contributed by atoms with E-state index in [0.29, 0.717) is 13.0 Å². The number of methoxy groups -OCH3 is 2. The predicted molar refractivity (Wildman–Crippen MR) is 153 cm³/mol. The molecule has 41 heavy (non-hydrogen) atoms. The van der Waals surface area contributed by atoms with E-state index in [-0.39, 0.29) is 42.6 Å². The molecule has 0 radical (unpaired) electrons. The highest BCUT2D eigenvalue weighted by molar-refractivity contribution is 5.89. The van der Waals surface area contributed by atoms with E-state index < -0.39 is 48.1 Å². The van der Waals surface area contributed by atoms with Crippen LogP contribution in [-0.4, -0.2) is 122 Å². The molecule has 1 aliphatic heterocycles. The van der Waals surface area contributed by atoms with Crippen LogP contribution in [0, 0.1) is 11.8 Å². The fourth-order valence-corrected chi connectivity index (χ4v) is 5.26. The number of amides is 4. The lowest BCUT2D eigenvalue weighted by molar-refractivity contribution is -0.146. The van der Waals surface area contributed by atoms with E-state index in [4.69, 9.17) is 14.6 Å². The van der Waals surface area contributed by atoms with Crippen LogP contribution in [0.2, 0.25) is 0 Å². The van der Waals surface area contributed by atoms with Gasteiger partial charge in [0.2, 0.25) is 23.6 Å². The first-order valence-corrected chi connectivity index (χ1v) is 14.2. The van der Waals surface area contributed by atoms with Gasteiger partial charge in [-0.05, 0) is 39.7 Å². The second kappa shape index (κ2) is 16.6. The van der Waals surface area contributed by atoms with Gasteiger partial charge in [-0.2, -0.15) is 0 Å². The molecule has 1 aliphatic rings. The number of hydrogen-bond donors (Lipinski definition) is 4. The predicted octanol–water partition coefficient (Wildman–Crippen LogP) is 0.222. The third-order valence-corrected chi connectivity index (χ3v) is 8.31. The second-order valence-corrected chi connectivity index (χ2v) is 11.3. The van der Waals surface area contributed by atoms with Crippen molar-refractivity contribution < 1.29 is 38.6 Å². The minimum Gasteiger partial charge on any atom is -0.480 e. The van der Waals surface area contributed by atoms with Crippen molar-refractivity contribution in [1.29, 1.82) is 0 Å². The first-order chi connectivity index (χ1) is 19.2. The lowest BCUT2D eigenvalue weighted by Gasteiger charge is -2.39. The van der Waals surface area contributed by atoms with Crippen LogP contribution in [-0.2, 0) is 33.4 Å². The maximum absolute atomic E-state index is 13.7. The number of nitrogens with zero attached hydrogens (tertiary/aromatic N) is 2. The minimum atomic E-state index is -1.15. The Kier molecular flexibility index (Phi) is 14.7. The number of carbonyl (C=O) groups excluding carboxylic acids is 4. The van der Waals surface area contributed by atoms with Gasteiger partial charge in [0, 0.05) is 27.8 Å². The summed E-state index contributed by atoms with van der Waals surface area (Å²) in [4.78, 5) is 66.0. The Labute approximate surface area is 244 Å². The zero-order valence-corrected chi connectivity index (χ0v) is 26.1. The topological polar surface area (TPSA) is 167 Å². The number of carboxylic acid groups (broad SMARTS) is 1. The molecule has 1 rings (SSSR count). The van der Waals surface area contributed by atoms with Gasteiger partial charge in [0.25, 0.3) is 0 Å². The number of carbonyl (C=O) groups is 5. The van der Waals surface area contributed by atoms with Crippen molar-refractivity contribution in [1.82, 2.24) is 25.8 Å². The van der Waals surface area contributed by atoms with Gasteiger partial charge in [0.15, 0.2) is 0 Å². The van der Waals surface area contributed by atoms with Gasteiger partial charge in [-0.25, -0.2) is 0 Å². The van der Waals surface area contributed by atoms with Gasteiger partial charge >= 0.3 is 5.97 Å². The fourth-order valence-electron chi connectivity index (χ4n) is 5.26. The van der Waals surface area contributed by atoms with Crippen LogP contribution in [0.25, 0.3) is 0 Å². The lowest BCUT2D eigenvalue weighted by Crippen LogP contribution is -2.56. The highest BCUT2D eigenvalue weighted by atomic mass is 16.5. The molecule has 6 atom stereocenters.